The zero-order valence-corrected chi connectivity index (χ0v) is 16.3. The fourth-order valence-electron chi connectivity index (χ4n) is 4.33. The molecular formula is C21H25N5O3. The van der Waals surface area contributed by atoms with Crippen molar-refractivity contribution in [3.63, 3.8) is 0 Å². The molecule has 3 unspecified atom stereocenters. The summed E-state index contributed by atoms with van der Waals surface area (Å²) in [6.07, 6.45) is 5.80. The van der Waals surface area contributed by atoms with E-state index in [2.05, 4.69) is 20.9 Å². The molecule has 29 heavy (non-hydrogen) atoms. The van der Waals surface area contributed by atoms with Gasteiger partial charge >= 0.3 is 0 Å². The van der Waals surface area contributed by atoms with Crippen LogP contribution in [0.4, 0.5) is 11.4 Å². The number of hydrogen-bond acceptors (Lipinski definition) is 6. The summed E-state index contributed by atoms with van der Waals surface area (Å²) in [5, 5.41) is 21.3. The Labute approximate surface area is 169 Å². The molecule has 2 saturated heterocycles. The zero-order valence-electron chi connectivity index (χ0n) is 16.3. The fourth-order valence-corrected chi connectivity index (χ4v) is 4.33. The third kappa shape index (κ3) is 4.37. The lowest BCUT2D eigenvalue weighted by molar-refractivity contribution is -0.384. The van der Waals surface area contributed by atoms with Gasteiger partial charge in [0.1, 0.15) is 5.69 Å². The molecule has 8 nitrogen and oxygen atoms in total. The minimum absolute atomic E-state index is 0.113. The number of aromatic nitrogens is 1. The highest BCUT2D eigenvalue weighted by atomic mass is 16.6. The summed E-state index contributed by atoms with van der Waals surface area (Å²) >= 11 is 0. The summed E-state index contributed by atoms with van der Waals surface area (Å²) in [6.45, 7) is 1.89. The highest BCUT2D eigenvalue weighted by Crippen LogP contribution is 2.30. The Balaban J connectivity index is 1.48. The van der Waals surface area contributed by atoms with E-state index in [4.69, 9.17) is 0 Å². The Hall–Kier alpha value is -3.00. The van der Waals surface area contributed by atoms with Crippen molar-refractivity contribution in [2.45, 2.75) is 56.8 Å². The van der Waals surface area contributed by atoms with Crippen LogP contribution in [-0.4, -0.2) is 33.9 Å². The number of carbonyl (C=O) groups is 1. The Morgan fingerprint density at radius 1 is 1.24 bits per heavy atom. The van der Waals surface area contributed by atoms with Crippen molar-refractivity contribution in [3.8, 4) is 0 Å². The monoisotopic (exact) mass is 395 g/mol. The number of anilines is 1. The van der Waals surface area contributed by atoms with Gasteiger partial charge in [-0.05, 0) is 56.9 Å². The average molecular weight is 395 g/mol. The largest absolute Gasteiger partial charge is 0.371 e. The topological polar surface area (TPSA) is 109 Å². The maximum absolute atomic E-state index is 12.7. The first kappa shape index (κ1) is 19.3. The number of hydrogen-bond donors (Lipinski definition) is 3. The van der Waals surface area contributed by atoms with E-state index in [-0.39, 0.29) is 23.7 Å². The van der Waals surface area contributed by atoms with Crippen molar-refractivity contribution < 1.29 is 9.72 Å². The summed E-state index contributed by atoms with van der Waals surface area (Å²) in [5.74, 6) is -0.260. The van der Waals surface area contributed by atoms with Crippen LogP contribution in [-0.2, 0) is 0 Å². The lowest BCUT2D eigenvalue weighted by atomic mass is 9.99. The predicted molar refractivity (Wildman–Crippen MR) is 110 cm³/mol. The molecule has 3 atom stereocenters. The average Bonchev–Trinajstić information content (AvgIpc) is 3.06. The summed E-state index contributed by atoms with van der Waals surface area (Å²) in [5.41, 5.74) is 1.33. The molecule has 2 fully saturated rings. The second kappa shape index (κ2) is 8.16. The molecule has 0 radical (unpaired) electrons. The van der Waals surface area contributed by atoms with Gasteiger partial charge in [-0.15, -0.1) is 0 Å². The van der Waals surface area contributed by atoms with E-state index >= 15 is 0 Å². The molecule has 1 aromatic heterocycles. The van der Waals surface area contributed by atoms with Crippen LogP contribution in [0.3, 0.4) is 0 Å². The fraction of sp³-hybridized carbons (Fsp3) is 0.429. The van der Waals surface area contributed by atoms with Gasteiger partial charge in [0, 0.05) is 36.0 Å². The number of nitrogens with one attached hydrogen (secondary N) is 3. The van der Waals surface area contributed by atoms with E-state index in [1.807, 2.05) is 25.1 Å². The van der Waals surface area contributed by atoms with Crippen LogP contribution in [0.15, 0.2) is 42.6 Å². The van der Waals surface area contributed by atoms with E-state index in [1.54, 1.807) is 18.3 Å². The van der Waals surface area contributed by atoms with Gasteiger partial charge in [-0.25, -0.2) is 0 Å². The van der Waals surface area contributed by atoms with Crippen molar-refractivity contribution in [1.82, 2.24) is 15.6 Å². The number of nitro benzene ring substituents is 1. The van der Waals surface area contributed by atoms with Crippen LogP contribution < -0.4 is 16.0 Å². The zero-order chi connectivity index (χ0) is 20.4. The molecule has 2 bridgehead atoms. The quantitative estimate of drug-likeness (QED) is 0.512. The van der Waals surface area contributed by atoms with Crippen molar-refractivity contribution in [2.75, 3.05) is 5.32 Å². The van der Waals surface area contributed by atoms with Crippen molar-refractivity contribution in [2.24, 2.45) is 0 Å². The molecule has 2 aromatic rings. The van der Waals surface area contributed by atoms with Crippen LogP contribution in [0.25, 0.3) is 0 Å². The molecule has 3 N–H and O–H groups in total. The van der Waals surface area contributed by atoms with Crippen LogP contribution in [0.2, 0.25) is 0 Å². The lowest BCUT2D eigenvalue weighted by Gasteiger charge is -2.29. The first-order valence-electron chi connectivity index (χ1n) is 10.0. The number of pyridine rings is 1. The summed E-state index contributed by atoms with van der Waals surface area (Å²) in [6, 6.07) is 11.0. The van der Waals surface area contributed by atoms with Gasteiger partial charge in [-0.1, -0.05) is 6.07 Å². The number of nitrogens with zero attached hydrogens (tertiary/aromatic N) is 2. The van der Waals surface area contributed by atoms with E-state index < -0.39 is 4.92 Å². The summed E-state index contributed by atoms with van der Waals surface area (Å²) < 4.78 is 0. The molecule has 2 aliphatic rings. The van der Waals surface area contributed by atoms with Crippen molar-refractivity contribution in [3.05, 3.63) is 64.0 Å². The Bertz CT molecular complexity index is 892. The molecule has 1 amide bonds. The molecule has 152 valence electrons. The molecule has 0 aliphatic carbocycles. The number of fused-ring (bicyclic) bond motifs is 2. The molecule has 0 spiro atoms. The van der Waals surface area contributed by atoms with Crippen LogP contribution in [0, 0.1) is 10.1 Å². The molecule has 2 aliphatic heterocycles. The van der Waals surface area contributed by atoms with Crippen molar-refractivity contribution in [1.29, 1.82) is 0 Å². The Kier molecular flexibility index (Phi) is 5.44. The number of nitro groups is 1. The molecular weight excluding hydrogens is 370 g/mol. The summed E-state index contributed by atoms with van der Waals surface area (Å²) in [7, 11) is 0. The highest BCUT2D eigenvalue weighted by Gasteiger charge is 2.34. The maximum atomic E-state index is 12.7. The number of benzene rings is 1. The van der Waals surface area contributed by atoms with Gasteiger partial charge < -0.3 is 16.0 Å². The number of rotatable bonds is 6. The Morgan fingerprint density at radius 2 is 2.00 bits per heavy atom. The van der Waals surface area contributed by atoms with Gasteiger partial charge in [0.2, 0.25) is 0 Å². The maximum Gasteiger partial charge on any atom is 0.293 e. The van der Waals surface area contributed by atoms with Gasteiger partial charge in [-0.2, -0.15) is 0 Å². The van der Waals surface area contributed by atoms with Gasteiger partial charge in [0.25, 0.3) is 11.6 Å². The molecule has 0 saturated carbocycles. The number of piperidine rings is 1. The summed E-state index contributed by atoms with van der Waals surface area (Å²) in [4.78, 5) is 28.1. The van der Waals surface area contributed by atoms with Crippen LogP contribution in [0.5, 0.6) is 0 Å². The van der Waals surface area contributed by atoms with Crippen LogP contribution in [0.1, 0.15) is 54.7 Å². The SMILES string of the molecule is CC(Nc1ccc(C(=O)NC2CC3CCC(C2)N3)cc1[N+](=O)[O-])c1ccccn1. The predicted octanol–water partition coefficient (Wildman–Crippen LogP) is 3.18. The van der Waals surface area contributed by atoms with Crippen molar-refractivity contribution >= 4 is 17.3 Å². The first-order valence-corrected chi connectivity index (χ1v) is 10.0. The van der Waals surface area contributed by atoms with E-state index in [1.165, 1.54) is 6.07 Å². The van der Waals surface area contributed by atoms with Crippen LogP contribution >= 0.6 is 0 Å². The van der Waals surface area contributed by atoms with Gasteiger partial charge in [-0.3, -0.25) is 19.9 Å². The highest BCUT2D eigenvalue weighted by molar-refractivity contribution is 5.96. The Morgan fingerprint density at radius 3 is 2.66 bits per heavy atom. The molecule has 3 heterocycles. The third-order valence-corrected chi connectivity index (χ3v) is 5.77. The lowest BCUT2D eigenvalue weighted by Crippen LogP contribution is -2.48. The molecule has 8 heteroatoms. The van der Waals surface area contributed by atoms with E-state index in [0.717, 1.165) is 31.4 Å². The van der Waals surface area contributed by atoms with Gasteiger partial charge in [0.15, 0.2) is 0 Å². The second-order valence-electron chi connectivity index (χ2n) is 7.89. The number of carbonyl (C=O) groups excluding carboxylic acids is 1. The minimum Gasteiger partial charge on any atom is -0.371 e. The first-order chi connectivity index (χ1) is 14.0. The number of amides is 1. The third-order valence-electron chi connectivity index (χ3n) is 5.77. The smallest absolute Gasteiger partial charge is 0.293 e. The standard InChI is InChI=1S/C21H25N5O3/c1-13(18-4-2-3-9-22-18)23-19-8-5-14(10-20(19)26(28)29)21(27)25-17-11-15-6-7-16(12-17)24-15/h2-5,8-10,13,15-17,23-24H,6-7,11-12H2,1H3,(H,25,27). The molecule has 1 aromatic carbocycles. The van der Waals surface area contributed by atoms with Gasteiger partial charge in [0.05, 0.1) is 16.7 Å². The minimum atomic E-state index is -0.463. The molecule has 4 rings (SSSR count). The second-order valence-corrected chi connectivity index (χ2v) is 7.89. The van der Waals surface area contributed by atoms with E-state index in [0.29, 0.717) is 23.3 Å². The van der Waals surface area contributed by atoms with E-state index in [9.17, 15) is 14.9 Å². The normalized spacial score (nSPS) is 24.0.